The fourth-order valence-corrected chi connectivity index (χ4v) is 6.86. The van der Waals surface area contributed by atoms with Crippen molar-refractivity contribution in [3.8, 4) is 5.75 Å². The molecule has 0 aromatic heterocycles. The standard InChI is InChI=1S/C32H36Cl3N3O5S/c1-43-30-16-15-25(34)19-28(30)38(44(2,41)42)21-31(39)37(20-23-13-14-24(33)18-27(23)35)29(17-22-9-5-3-6-10-22)32(40)36-26-11-7-4-8-12-26/h3,5-6,9-10,13-16,18-19,26,29H,4,7-8,11-12,17,20-21H2,1-2H3,(H,36,40)/t29-/m1/s1. The van der Waals surface area contributed by atoms with Crippen LogP contribution in [0.4, 0.5) is 5.69 Å². The van der Waals surface area contributed by atoms with Gasteiger partial charge in [0.25, 0.3) is 0 Å². The number of sulfonamides is 1. The van der Waals surface area contributed by atoms with Gasteiger partial charge in [-0.15, -0.1) is 0 Å². The molecule has 1 aliphatic carbocycles. The first-order valence-electron chi connectivity index (χ1n) is 14.3. The number of hydrogen-bond donors (Lipinski definition) is 1. The Bertz CT molecular complexity index is 1570. The highest BCUT2D eigenvalue weighted by molar-refractivity contribution is 7.92. The Morgan fingerprint density at radius 3 is 2.25 bits per heavy atom. The van der Waals surface area contributed by atoms with Crippen LogP contribution in [0.1, 0.15) is 43.2 Å². The molecule has 3 aromatic rings. The number of carbonyl (C=O) groups excluding carboxylic acids is 2. The SMILES string of the molecule is COc1ccc(Cl)cc1N(CC(=O)N(Cc1ccc(Cl)cc1Cl)[C@H](Cc1ccccc1)C(=O)NC1CCCCC1)S(C)(=O)=O. The number of hydrogen-bond acceptors (Lipinski definition) is 5. The van der Waals surface area contributed by atoms with Crippen molar-refractivity contribution in [3.63, 3.8) is 0 Å². The molecule has 0 aliphatic heterocycles. The van der Waals surface area contributed by atoms with Crippen LogP contribution < -0.4 is 14.4 Å². The van der Waals surface area contributed by atoms with E-state index >= 15 is 0 Å². The largest absolute Gasteiger partial charge is 0.495 e. The number of rotatable bonds is 12. The molecule has 236 valence electrons. The molecule has 2 amide bonds. The fraction of sp³-hybridized carbons (Fsp3) is 0.375. The van der Waals surface area contributed by atoms with Crippen molar-refractivity contribution in [3.05, 3.63) is 92.9 Å². The Kier molecular flexibility index (Phi) is 11.8. The molecule has 0 spiro atoms. The van der Waals surface area contributed by atoms with Gasteiger partial charge < -0.3 is 15.0 Å². The molecule has 44 heavy (non-hydrogen) atoms. The van der Waals surface area contributed by atoms with Crippen molar-refractivity contribution in [2.45, 2.75) is 57.2 Å². The Morgan fingerprint density at radius 2 is 1.61 bits per heavy atom. The molecule has 0 bridgehead atoms. The van der Waals surface area contributed by atoms with Crippen molar-refractivity contribution in [1.82, 2.24) is 10.2 Å². The summed E-state index contributed by atoms with van der Waals surface area (Å²) < 4.78 is 32.6. The van der Waals surface area contributed by atoms with Gasteiger partial charge in [-0.2, -0.15) is 0 Å². The molecule has 0 unspecified atom stereocenters. The molecule has 0 saturated heterocycles. The fourth-order valence-electron chi connectivity index (χ4n) is 5.38. The molecule has 0 heterocycles. The summed E-state index contributed by atoms with van der Waals surface area (Å²) in [6, 6.07) is 17.8. The van der Waals surface area contributed by atoms with Crippen molar-refractivity contribution in [1.29, 1.82) is 0 Å². The van der Waals surface area contributed by atoms with Crippen LogP contribution >= 0.6 is 34.8 Å². The Balaban J connectivity index is 1.78. The van der Waals surface area contributed by atoms with Gasteiger partial charge >= 0.3 is 0 Å². The number of nitrogens with zero attached hydrogens (tertiary/aromatic N) is 2. The molecular weight excluding hydrogens is 645 g/mol. The normalized spacial score (nSPS) is 14.5. The van der Waals surface area contributed by atoms with Crippen LogP contribution in [0.3, 0.4) is 0 Å². The number of halogens is 3. The maximum Gasteiger partial charge on any atom is 0.244 e. The van der Waals surface area contributed by atoms with E-state index in [-0.39, 0.29) is 41.4 Å². The van der Waals surface area contributed by atoms with Crippen LogP contribution in [0, 0.1) is 0 Å². The van der Waals surface area contributed by atoms with E-state index in [9.17, 15) is 18.0 Å². The summed E-state index contributed by atoms with van der Waals surface area (Å²) in [5.41, 5.74) is 1.50. The number of ether oxygens (including phenoxy) is 1. The summed E-state index contributed by atoms with van der Waals surface area (Å²) in [6.45, 7) is -0.669. The van der Waals surface area contributed by atoms with Crippen molar-refractivity contribution in [2.24, 2.45) is 0 Å². The lowest BCUT2D eigenvalue weighted by molar-refractivity contribution is -0.140. The Morgan fingerprint density at radius 1 is 0.955 bits per heavy atom. The highest BCUT2D eigenvalue weighted by Gasteiger charge is 2.35. The van der Waals surface area contributed by atoms with Crippen LogP contribution in [0.15, 0.2) is 66.7 Å². The number of carbonyl (C=O) groups is 2. The Hall–Kier alpha value is -2.98. The summed E-state index contributed by atoms with van der Waals surface area (Å²) in [4.78, 5) is 29.8. The number of nitrogens with one attached hydrogen (secondary N) is 1. The summed E-state index contributed by atoms with van der Waals surface area (Å²) in [7, 11) is -2.61. The van der Waals surface area contributed by atoms with Gasteiger partial charge in [-0.25, -0.2) is 8.42 Å². The first-order valence-corrected chi connectivity index (χ1v) is 17.3. The average molecular weight is 681 g/mol. The third kappa shape index (κ3) is 9.03. The number of amides is 2. The zero-order chi connectivity index (χ0) is 31.9. The summed E-state index contributed by atoms with van der Waals surface area (Å²) in [6.07, 6.45) is 6.07. The van der Waals surface area contributed by atoms with E-state index in [2.05, 4.69) is 5.32 Å². The van der Waals surface area contributed by atoms with Crippen molar-refractivity contribution in [2.75, 3.05) is 24.2 Å². The quantitative estimate of drug-likeness (QED) is 0.235. The van der Waals surface area contributed by atoms with Gasteiger partial charge in [0, 0.05) is 34.1 Å². The van der Waals surface area contributed by atoms with Gasteiger partial charge in [0.15, 0.2) is 0 Å². The molecule has 1 saturated carbocycles. The first kappa shape index (κ1) is 33.9. The zero-order valence-electron chi connectivity index (χ0n) is 24.6. The van der Waals surface area contributed by atoms with E-state index in [0.29, 0.717) is 15.6 Å². The summed E-state index contributed by atoms with van der Waals surface area (Å²) in [5.74, 6) is -0.704. The summed E-state index contributed by atoms with van der Waals surface area (Å²) >= 11 is 18.9. The molecular formula is C32H36Cl3N3O5S. The van der Waals surface area contributed by atoms with Gasteiger partial charge in [-0.1, -0.05) is 90.5 Å². The van der Waals surface area contributed by atoms with Gasteiger partial charge in [-0.3, -0.25) is 13.9 Å². The van der Waals surface area contributed by atoms with Crippen LogP contribution in [0.25, 0.3) is 0 Å². The number of benzene rings is 3. The second kappa shape index (κ2) is 15.3. The lowest BCUT2D eigenvalue weighted by Gasteiger charge is -2.35. The van der Waals surface area contributed by atoms with Crippen LogP contribution in [-0.2, 0) is 32.6 Å². The zero-order valence-corrected chi connectivity index (χ0v) is 27.7. The molecule has 1 fully saturated rings. The minimum absolute atomic E-state index is 0.00571. The first-order chi connectivity index (χ1) is 21.0. The predicted molar refractivity (Wildman–Crippen MR) is 176 cm³/mol. The molecule has 1 aliphatic rings. The molecule has 1 N–H and O–H groups in total. The van der Waals surface area contributed by atoms with E-state index in [0.717, 1.165) is 48.2 Å². The minimum atomic E-state index is -4.01. The van der Waals surface area contributed by atoms with E-state index < -0.39 is 28.5 Å². The van der Waals surface area contributed by atoms with Gasteiger partial charge in [0.1, 0.15) is 18.3 Å². The Labute approximate surface area is 274 Å². The smallest absolute Gasteiger partial charge is 0.244 e. The average Bonchev–Trinajstić information content (AvgIpc) is 2.99. The van der Waals surface area contributed by atoms with Gasteiger partial charge in [0.05, 0.1) is 19.1 Å². The second-order valence-corrected chi connectivity index (χ2v) is 14.1. The molecule has 4 rings (SSSR count). The highest BCUT2D eigenvalue weighted by atomic mass is 35.5. The number of methoxy groups -OCH3 is 1. The topological polar surface area (TPSA) is 96.0 Å². The van der Waals surface area contributed by atoms with E-state index in [1.165, 1.54) is 24.1 Å². The molecule has 0 radical (unpaired) electrons. The van der Waals surface area contributed by atoms with Gasteiger partial charge in [-0.05, 0) is 54.3 Å². The summed E-state index contributed by atoms with van der Waals surface area (Å²) in [5, 5.41) is 4.17. The maximum atomic E-state index is 14.4. The second-order valence-electron chi connectivity index (χ2n) is 10.9. The lowest BCUT2D eigenvalue weighted by atomic mass is 9.94. The van der Waals surface area contributed by atoms with Crippen LogP contribution in [-0.4, -0.2) is 57.1 Å². The third-order valence-electron chi connectivity index (χ3n) is 7.67. The maximum absolute atomic E-state index is 14.4. The van der Waals surface area contributed by atoms with Gasteiger partial charge in [0.2, 0.25) is 21.8 Å². The third-order valence-corrected chi connectivity index (χ3v) is 9.62. The molecule has 12 heteroatoms. The van der Waals surface area contributed by atoms with E-state index in [4.69, 9.17) is 39.5 Å². The van der Waals surface area contributed by atoms with E-state index in [1.807, 2.05) is 30.3 Å². The van der Waals surface area contributed by atoms with Crippen molar-refractivity contribution < 1.29 is 22.7 Å². The minimum Gasteiger partial charge on any atom is -0.495 e. The van der Waals surface area contributed by atoms with Crippen LogP contribution in [0.2, 0.25) is 15.1 Å². The van der Waals surface area contributed by atoms with E-state index in [1.54, 1.807) is 24.3 Å². The van der Waals surface area contributed by atoms with Crippen LogP contribution in [0.5, 0.6) is 5.75 Å². The molecule has 3 aromatic carbocycles. The molecule has 8 nitrogen and oxygen atoms in total. The monoisotopic (exact) mass is 679 g/mol. The van der Waals surface area contributed by atoms with Crippen molar-refractivity contribution >= 4 is 62.3 Å². The lowest BCUT2D eigenvalue weighted by Crippen LogP contribution is -2.55. The molecule has 1 atom stereocenters. The highest BCUT2D eigenvalue weighted by Crippen LogP contribution is 2.33. The number of anilines is 1. The predicted octanol–water partition coefficient (Wildman–Crippen LogP) is 6.51.